The lowest BCUT2D eigenvalue weighted by atomic mass is 10.1. The minimum absolute atomic E-state index is 0.139. The number of hydrogen-bond acceptors (Lipinski definition) is 11. The van der Waals surface area contributed by atoms with Gasteiger partial charge in [0.1, 0.15) is 6.61 Å². The van der Waals surface area contributed by atoms with Gasteiger partial charge < -0.3 is 47.4 Å². The van der Waals surface area contributed by atoms with Crippen molar-refractivity contribution in [3.05, 3.63) is 12.7 Å². The lowest BCUT2D eigenvalue weighted by Crippen LogP contribution is -2.15. The molecule has 0 heterocycles. The third-order valence-corrected chi connectivity index (χ3v) is 5.69. The van der Waals surface area contributed by atoms with Crippen LogP contribution in [-0.2, 0) is 52.2 Å². The van der Waals surface area contributed by atoms with E-state index in [2.05, 4.69) is 13.5 Å². The van der Waals surface area contributed by atoms with Crippen molar-refractivity contribution in [2.75, 3.05) is 126 Å². The second-order valence-corrected chi connectivity index (χ2v) is 9.35. The van der Waals surface area contributed by atoms with Crippen LogP contribution in [0.3, 0.4) is 0 Å². The van der Waals surface area contributed by atoms with E-state index >= 15 is 0 Å². The maximum Gasteiger partial charge on any atom is 0.305 e. The highest BCUT2D eigenvalue weighted by Gasteiger charge is 2.02. The highest BCUT2D eigenvalue weighted by Crippen LogP contribution is 2.08. The van der Waals surface area contributed by atoms with Crippen molar-refractivity contribution in [3.8, 4) is 0 Å². The molecule has 0 aromatic heterocycles. The van der Waals surface area contributed by atoms with Crippen LogP contribution in [0.2, 0.25) is 0 Å². The molecule has 11 nitrogen and oxygen atoms in total. The van der Waals surface area contributed by atoms with Gasteiger partial charge >= 0.3 is 5.97 Å². The molecule has 0 N–H and O–H groups in total. The Morgan fingerprint density at radius 2 is 0.762 bits per heavy atom. The van der Waals surface area contributed by atoms with Gasteiger partial charge in [0.2, 0.25) is 0 Å². The Morgan fingerprint density at radius 3 is 1.12 bits per heavy atom. The Labute approximate surface area is 254 Å². The van der Waals surface area contributed by atoms with Crippen molar-refractivity contribution >= 4 is 5.97 Å². The van der Waals surface area contributed by atoms with E-state index in [1.54, 1.807) is 6.08 Å². The summed E-state index contributed by atoms with van der Waals surface area (Å²) in [5, 5.41) is 0. The molecule has 0 aromatic rings. The molecule has 0 aromatic carbocycles. The fourth-order valence-corrected chi connectivity index (χ4v) is 3.44. The van der Waals surface area contributed by atoms with Gasteiger partial charge in [0.05, 0.1) is 119 Å². The number of hydrogen-bond donors (Lipinski definition) is 0. The third-order valence-electron chi connectivity index (χ3n) is 5.69. The first-order valence-electron chi connectivity index (χ1n) is 15.8. The Balaban J connectivity index is 3.10. The van der Waals surface area contributed by atoms with Crippen LogP contribution in [0.15, 0.2) is 12.7 Å². The molecule has 0 spiro atoms. The Kier molecular flexibility index (Phi) is 36.8. The fraction of sp³-hybridized carbons (Fsp3) is 0.903. The normalized spacial score (nSPS) is 11.3. The molecule has 0 aliphatic rings. The molecule has 11 heteroatoms. The average Bonchev–Trinajstić information content (AvgIpc) is 2.99. The molecule has 0 aliphatic carbocycles. The summed E-state index contributed by atoms with van der Waals surface area (Å²) in [6.07, 6.45) is 10.5. The fourth-order valence-electron chi connectivity index (χ4n) is 3.44. The minimum atomic E-state index is -0.139. The number of esters is 1. The first-order valence-corrected chi connectivity index (χ1v) is 15.8. The molecule has 0 amide bonds. The average molecular weight is 609 g/mol. The molecule has 0 saturated heterocycles. The minimum Gasteiger partial charge on any atom is -0.463 e. The van der Waals surface area contributed by atoms with Crippen LogP contribution in [-0.4, -0.2) is 132 Å². The van der Waals surface area contributed by atoms with Crippen LogP contribution < -0.4 is 0 Å². The van der Waals surface area contributed by atoms with Crippen LogP contribution >= 0.6 is 0 Å². The van der Waals surface area contributed by atoms with E-state index < -0.39 is 0 Å². The molecule has 0 radical (unpaired) electrons. The van der Waals surface area contributed by atoms with Crippen LogP contribution in [0.5, 0.6) is 0 Å². The van der Waals surface area contributed by atoms with E-state index in [1.165, 1.54) is 32.1 Å². The van der Waals surface area contributed by atoms with Gasteiger partial charge in [-0.3, -0.25) is 4.79 Å². The maximum atomic E-state index is 11.7. The highest BCUT2D eigenvalue weighted by molar-refractivity contribution is 5.69. The van der Waals surface area contributed by atoms with E-state index in [0.29, 0.717) is 125 Å². The zero-order valence-electron chi connectivity index (χ0n) is 26.4. The zero-order chi connectivity index (χ0) is 30.4. The number of unbranched alkanes of at least 4 members (excludes halogenated alkanes) is 6. The molecule has 0 saturated carbocycles. The van der Waals surface area contributed by atoms with E-state index in [1.807, 2.05) is 0 Å². The highest BCUT2D eigenvalue weighted by atomic mass is 16.6. The summed E-state index contributed by atoms with van der Waals surface area (Å²) < 4.78 is 53.9. The molecule has 42 heavy (non-hydrogen) atoms. The Hall–Kier alpha value is -1.15. The molecule has 0 fully saturated rings. The zero-order valence-corrected chi connectivity index (χ0v) is 26.4. The topological polar surface area (TPSA) is 109 Å². The van der Waals surface area contributed by atoms with E-state index in [0.717, 1.165) is 12.8 Å². The Bertz CT molecular complexity index is 537. The van der Waals surface area contributed by atoms with Crippen molar-refractivity contribution < 1.29 is 52.2 Å². The van der Waals surface area contributed by atoms with Gasteiger partial charge in [0.25, 0.3) is 0 Å². The molecule has 0 aliphatic heterocycles. The van der Waals surface area contributed by atoms with Crippen molar-refractivity contribution in [2.45, 2.75) is 58.3 Å². The lowest BCUT2D eigenvalue weighted by molar-refractivity contribution is -0.145. The summed E-state index contributed by atoms with van der Waals surface area (Å²) in [5.41, 5.74) is 0. The predicted octanol–water partition coefficient (Wildman–Crippen LogP) is 4.01. The molecule has 0 rings (SSSR count). The molecule has 0 atom stereocenters. The summed E-state index contributed by atoms with van der Waals surface area (Å²) >= 11 is 0. The third kappa shape index (κ3) is 36.9. The molecular weight excluding hydrogens is 548 g/mol. The first kappa shape index (κ1) is 40.9. The predicted molar refractivity (Wildman–Crippen MR) is 161 cm³/mol. The van der Waals surface area contributed by atoms with Gasteiger partial charge in [-0.25, -0.2) is 0 Å². The van der Waals surface area contributed by atoms with Crippen LogP contribution in [0.1, 0.15) is 58.3 Å². The monoisotopic (exact) mass is 608 g/mol. The number of ether oxygens (including phenoxy) is 10. The van der Waals surface area contributed by atoms with Gasteiger partial charge in [-0.2, -0.15) is 0 Å². The Morgan fingerprint density at radius 1 is 0.452 bits per heavy atom. The lowest BCUT2D eigenvalue weighted by Gasteiger charge is -2.09. The summed E-state index contributed by atoms with van der Waals surface area (Å²) in [7, 11) is 0. The van der Waals surface area contributed by atoms with E-state index in [4.69, 9.17) is 47.4 Å². The molecule has 0 bridgehead atoms. The summed E-state index contributed by atoms with van der Waals surface area (Å²) in [5.74, 6) is -0.139. The largest absolute Gasteiger partial charge is 0.463 e. The van der Waals surface area contributed by atoms with Crippen LogP contribution in [0, 0.1) is 0 Å². The second-order valence-electron chi connectivity index (χ2n) is 9.35. The standard InChI is InChI=1S/C31H60O11/c1-3-5-6-7-8-9-10-11-31(32)42-30-29-41-28-27-40-26-25-39-24-23-38-22-21-37-20-19-36-18-17-35-16-15-34-14-13-33-12-4-2/h4H,2-3,5-30H2,1H3. The van der Waals surface area contributed by atoms with Crippen molar-refractivity contribution in [1.29, 1.82) is 0 Å². The first-order chi connectivity index (χ1) is 20.8. The number of carbonyl (C=O) groups excluding carboxylic acids is 1. The van der Waals surface area contributed by atoms with Gasteiger partial charge in [-0.15, -0.1) is 6.58 Å². The number of rotatable bonds is 37. The second kappa shape index (κ2) is 37.9. The number of carbonyl (C=O) groups is 1. The van der Waals surface area contributed by atoms with Crippen molar-refractivity contribution in [1.82, 2.24) is 0 Å². The van der Waals surface area contributed by atoms with Crippen molar-refractivity contribution in [2.24, 2.45) is 0 Å². The van der Waals surface area contributed by atoms with Crippen LogP contribution in [0.25, 0.3) is 0 Å². The maximum absolute atomic E-state index is 11.7. The van der Waals surface area contributed by atoms with E-state index in [-0.39, 0.29) is 12.6 Å². The van der Waals surface area contributed by atoms with Crippen molar-refractivity contribution in [3.63, 3.8) is 0 Å². The van der Waals surface area contributed by atoms with Gasteiger partial charge in [-0.05, 0) is 6.42 Å². The molecule has 0 unspecified atom stereocenters. The summed E-state index contributed by atoms with van der Waals surface area (Å²) in [6, 6.07) is 0. The smallest absolute Gasteiger partial charge is 0.305 e. The summed E-state index contributed by atoms with van der Waals surface area (Å²) in [6.45, 7) is 15.2. The van der Waals surface area contributed by atoms with Crippen LogP contribution in [0.4, 0.5) is 0 Å². The molecule has 250 valence electrons. The summed E-state index contributed by atoms with van der Waals surface area (Å²) in [4.78, 5) is 11.7. The van der Waals surface area contributed by atoms with E-state index in [9.17, 15) is 4.79 Å². The van der Waals surface area contributed by atoms with Gasteiger partial charge in [-0.1, -0.05) is 51.5 Å². The van der Waals surface area contributed by atoms with Gasteiger partial charge in [0.15, 0.2) is 0 Å². The quantitative estimate of drug-likeness (QED) is 0.0580. The van der Waals surface area contributed by atoms with Gasteiger partial charge in [0, 0.05) is 6.42 Å². The molecular formula is C31H60O11. The SMILES string of the molecule is C=CCOCCOCCOCCOCCOCCOCCOCCOCCOCCOC(=O)CCCCCCCCC.